The monoisotopic (exact) mass is 308 g/mol. The largest absolute Gasteiger partial charge is 0.329 e. The van der Waals surface area contributed by atoms with E-state index in [9.17, 15) is 9.59 Å². The lowest BCUT2D eigenvalue weighted by Gasteiger charge is -2.39. The molecule has 0 N–H and O–H groups in total. The number of piperazine rings is 1. The molecule has 1 aliphatic heterocycles. The van der Waals surface area contributed by atoms with Crippen LogP contribution in [0.15, 0.2) is 24.3 Å². The summed E-state index contributed by atoms with van der Waals surface area (Å²) in [6.07, 6.45) is 2.37. The van der Waals surface area contributed by atoms with Crippen molar-refractivity contribution in [2.24, 2.45) is 0 Å². The highest BCUT2D eigenvalue weighted by molar-refractivity contribution is 6.30. The standard InChI is InChI=1S/C16H21ClN2O2/c1-3-4-8-15(20)18-11-16(21)19(10-12(18)2)14-7-5-6-13(17)9-14/h5-7,9,12H,3-4,8,10-11H2,1-2H3. The van der Waals surface area contributed by atoms with Gasteiger partial charge in [0.2, 0.25) is 11.8 Å². The van der Waals surface area contributed by atoms with Crippen LogP contribution in [0.3, 0.4) is 0 Å². The van der Waals surface area contributed by atoms with Gasteiger partial charge >= 0.3 is 0 Å². The van der Waals surface area contributed by atoms with E-state index in [0.717, 1.165) is 18.5 Å². The molecule has 0 saturated carbocycles. The van der Waals surface area contributed by atoms with E-state index in [-0.39, 0.29) is 24.4 Å². The van der Waals surface area contributed by atoms with Crippen LogP contribution in [-0.2, 0) is 9.59 Å². The maximum absolute atomic E-state index is 12.3. The first-order valence-corrected chi connectivity index (χ1v) is 7.76. The van der Waals surface area contributed by atoms with E-state index >= 15 is 0 Å². The highest BCUT2D eigenvalue weighted by Crippen LogP contribution is 2.23. The highest BCUT2D eigenvalue weighted by atomic mass is 35.5. The van der Waals surface area contributed by atoms with E-state index in [1.54, 1.807) is 21.9 Å². The van der Waals surface area contributed by atoms with E-state index < -0.39 is 0 Å². The molecule has 2 rings (SSSR count). The van der Waals surface area contributed by atoms with Gasteiger partial charge in [0, 0.05) is 29.7 Å². The minimum Gasteiger partial charge on any atom is -0.329 e. The summed E-state index contributed by atoms with van der Waals surface area (Å²) in [7, 11) is 0. The molecule has 1 heterocycles. The van der Waals surface area contributed by atoms with Gasteiger partial charge < -0.3 is 9.80 Å². The SMILES string of the molecule is CCCCC(=O)N1CC(=O)N(c2cccc(Cl)c2)CC1C. The first-order chi connectivity index (χ1) is 10.0. The van der Waals surface area contributed by atoms with Crippen molar-refractivity contribution in [1.29, 1.82) is 0 Å². The van der Waals surface area contributed by atoms with Gasteiger partial charge in [-0.3, -0.25) is 9.59 Å². The molecule has 0 radical (unpaired) electrons. The lowest BCUT2D eigenvalue weighted by molar-refractivity contribution is -0.139. The van der Waals surface area contributed by atoms with Crippen LogP contribution in [0.25, 0.3) is 0 Å². The number of amides is 2. The molecule has 1 aromatic rings. The van der Waals surface area contributed by atoms with E-state index in [4.69, 9.17) is 11.6 Å². The van der Waals surface area contributed by atoms with Gasteiger partial charge in [-0.15, -0.1) is 0 Å². The lowest BCUT2D eigenvalue weighted by atomic mass is 10.1. The summed E-state index contributed by atoms with van der Waals surface area (Å²) in [6, 6.07) is 7.27. The third-order valence-corrected chi connectivity index (χ3v) is 4.01. The fourth-order valence-electron chi connectivity index (χ4n) is 2.55. The van der Waals surface area contributed by atoms with Gasteiger partial charge in [0.15, 0.2) is 0 Å². The molecule has 1 atom stereocenters. The average molecular weight is 309 g/mol. The van der Waals surface area contributed by atoms with Gasteiger partial charge in [-0.1, -0.05) is 31.0 Å². The van der Waals surface area contributed by atoms with Gasteiger partial charge in [0.25, 0.3) is 0 Å². The summed E-state index contributed by atoms with van der Waals surface area (Å²) in [4.78, 5) is 27.9. The maximum Gasteiger partial charge on any atom is 0.246 e. The van der Waals surface area contributed by atoms with Crippen LogP contribution in [0.5, 0.6) is 0 Å². The van der Waals surface area contributed by atoms with E-state index in [1.807, 2.05) is 19.1 Å². The molecule has 0 bridgehead atoms. The van der Waals surface area contributed by atoms with E-state index in [1.165, 1.54) is 0 Å². The molecule has 1 aliphatic rings. The minimum atomic E-state index is -0.0554. The van der Waals surface area contributed by atoms with Crippen molar-refractivity contribution in [1.82, 2.24) is 4.90 Å². The van der Waals surface area contributed by atoms with Gasteiger partial charge in [-0.25, -0.2) is 0 Å². The van der Waals surface area contributed by atoms with Crippen LogP contribution in [-0.4, -0.2) is 35.8 Å². The zero-order chi connectivity index (χ0) is 15.4. The lowest BCUT2D eigenvalue weighted by Crippen LogP contribution is -2.57. The summed E-state index contributed by atoms with van der Waals surface area (Å²) in [5.41, 5.74) is 0.792. The predicted molar refractivity (Wildman–Crippen MR) is 84.5 cm³/mol. The van der Waals surface area contributed by atoms with Crippen LogP contribution >= 0.6 is 11.6 Å². The molecule has 1 fully saturated rings. The third-order valence-electron chi connectivity index (χ3n) is 3.77. The number of anilines is 1. The summed E-state index contributed by atoms with van der Waals surface area (Å²) < 4.78 is 0. The molecule has 0 aromatic heterocycles. The molecular formula is C16H21ClN2O2. The summed E-state index contributed by atoms with van der Waals surface area (Å²) in [6.45, 7) is 4.69. The number of carbonyl (C=O) groups is 2. The first kappa shape index (κ1) is 15.8. The van der Waals surface area contributed by atoms with Crippen molar-refractivity contribution in [2.75, 3.05) is 18.0 Å². The number of rotatable bonds is 4. The fourth-order valence-corrected chi connectivity index (χ4v) is 2.74. The minimum absolute atomic E-state index is 0.0195. The number of hydrogen-bond acceptors (Lipinski definition) is 2. The van der Waals surface area contributed by atoms with Gasteiger partial charge in [-0.05, 0) is 31.5 Å². The Morgan fingerprint density at radius 3 is 2.86 bits per heavy atom. The normalized spacial score (nSPS) is 19.0. The summed E-state index contributed by atoms with van der Waals surface area (Å²) >= 11 is 5.98. The van der Waals surface area contributed by atoms with Crippen LogP contribution in [0.1, 0.15) is 33.1 Å². The van der Waals surface area contributed by atoms with Crippen molar-refractivity contribution < 1.29 is 9.59 Å². The smallest absolute Gasteiger partial charge is 0.246 e. The molecule has 4 nitrogen and oxygen atoms in total. The summed E-state index contributed by atoms with van der Waals surface area (Å²) in [5.74, 6) is 0.0173. The molecule has 0 aliphatic carbocycles. The Hall–Kier alpha value is -1.55. The molecule has 5 heteroatoms. The number of hydrogen-bond donors (Lipinski definition) is 0. The van der Waals surface area contributed by atoms with Crippen molar-refractivity contribution in [3.05, 3.63) is 29.3 Å². The highest BCUT2D eigenvalue weighted by Gasteiger charge is 2.32. The maximum atomic E-state index is 12.3. The number of nitrogens with zero attached hydrogens (tertiary/aromatic N) is 2. The second kappa shape index (κ2) is 6.94. The Labute approximate surface area is 130 Å². The number of halogens is 1. The topological polar surface area (TPSA) is 40.6 Å². The molecule has 114 valence electrons. The first-order valence-electron chi connectivity index (χ1n) is 7.38. The predicted octanol–water partition coefficient (Wildman–Crippen LogP) is 3.09. The van der Waals surface area contributed by atoms with Gasteiger partial charge in [-0.2, -0.15) is 0 Å². The number of unbranched alkanes of at least 4 members (excludes halogenated alkanes) is 1. The van der Waals surface area contributed by atoms with Crippen LogP contribution in [0, 0.1) is 0 Å². The summed E-state index contributed by atoms with van der Waals surface area (Å²) in [5, 5.41) is 0.606. The van der Waals surface area contributed by atoms with Crippen molar-refractivity contribution in [2.45, 2.75) is 39.2 Å². The fraction of sp³-hybridized carbons (Fsp3) is 0.500. The van der Waals surface area contributed by atoms with Crippen molar-refractivity contribution in [3.8, 4) is 0 Å². The zero-order valence-electron chi connectivity index (χ0n) is 12.5. The third kappa shape index (κ3) is 3.76. The van der Waals surface area contributed by atoms with E-state index in [2.05, 4.69) is 6.92 Å². The average Bonchev–Trinajstić information content (AvgIpc) is 2.46. The molecule has 0 spiro atoms. The Morgan fingerprint density at radius 1 is 1.43 bits per heavy atom. The molecule has 2 amide bonds. The van der Waals surface area contributed by atoms with Gasteiger partial charge in [0.1, 0.15) is 6.54 Å². The van der Waals surface area contributed by atoms with E-state index in [0.29, 0.717) is 18.0 Å². The molecule has 21 heavy (non-hydrogen) atoms. The molecule has 1 unspecified atom stereocenters. The number of carbonyl (C=O) groups excluding carboxylic acids is 2. The number of benzene rings is 1. The molecule has 1 saturated heterocycles. The molecular weight excluding hydrogens is 288 g/mol. The Balaban J connectivity index is 2.08. The van der Waals surface area contributed by atoms with Gasteiger partial charge in [0.05, 0.1) is 0 Å². The second-order valence-corrected chi connectivity index (χ2v) is 5.89. The Morgan fingerprint density at radius 2 is 2.19 bits per heavy atom. The van der Waals surface area contributed by atoms with Crippen LogP contribution < -0.4 is 4.90 Å². The van der Waals surface area contributed by atoms with Crippen LogP contribution in [0.2, 0.25) is 5.02 Å². The van der Waals surface area contributed by atoms with Crippen LogP contribution in [0.4, 0.5) is 5.69 Å². The molecule has 1 aromatic carbocycles. The Kier molecular flexibility index (Phi) is 5.23. The van der Waals surface area contributed by atoms with Crippen molar-refractivity contribution >= 4 is 29.1 Å². The second-order valence-electron chi connectivity index (χ2n) is 5.46. The zero-order valence-corrected chi connectivity index (χ0v) is 13.3. The van der Waals surface area contributed by atoms with Crippen molar-refractivity contribution in [3.63, 3.8) is 0 Å². The quantitative estimate of drug-likeness (QED) is 0.857. The Bertz CT molecular complexity index is 533.